The highest BCUT2D eigenvalue weighted by Crippen LogP contribution is 2.17. The molecule has 0 aliphatic carbocycles. The Morgan fingerprint density at radius 2 is 2.47 bits per heavy atom. The third-order valence-electron chi connectivity index (χ3n) is 3.75. The molecule has 1 aliphatic rings. The van der Waals surface area contributed by atoms with Crippen molar-refractivity contribution in [1.82, 2.24) is 15.2 Å². The highest BCUT2D eigenvalue weighted by molar-refractivity contribution is 5.12. The molecule has 2 rings (SSSR count). The van der Waals surface area contributed by atoms with Crippen LogP contribution < -0.4 is 5.32 Å². The molecule has 1 fully saturated rings. The zero-order valence-electron chi connectivity index (χ0n) is 10.9. The smallest absolute Gasteiger partial charge is 0.0315 e. The van der Waals surface area contributed by atoms with Crippen LogP contribution >= 0.6 is 0 Å². The fraction of sp³-hybridized carbons (Fsp3) is 0.643. The average Bonchev–Trinajstić information content (AvgIpc) is 2.84. The van der Waals surface area contributed by atoms with Crippen LogP contribution in [0.2, 0.25) is 0 Å². The van der Waals surface area contributed by atoms with Gasteiger partial charge in [-0.3, -0.25) is 9.88 Å². The minimum atomic E-state index is 0.392. The number of likely N-dealkylation sites (tertiary alicyclic amines) is 1. The summed E-state index contributed by atoms with van der Waals surface area (Å²) in [6.07, 6.45) is 6.46. The highest BCUT2D eigenvalue weighted by Gasteiger charge is 2.22. The van der Waals surface area contributed by atoms with E-state index in [2.05, 4.69) is 35.1 Å². The molecule has 0 bridgehead atoms. The molecule has 1 aromatic heterocycles. The van der Waals surface area contributed by atoms with E-state index in [-0.39, 0.29) is 0 Å². The second-order valence-electron chi connectivity index (χ2n) is 4.84. The topological polar surface area (TPSA) is 28.2 Å². The Labute approximate surface area is 104 Å². The Morgan fingerprint density at radius 1 is 1.59 bits per heavy atom. The van der Waals surface area contributed by atoms with Crippen molar-refractivity contribution >= 4 is 0 Å². The number of nitrogens with one attached hydrogen (secondary N) is 1. The van der Waals surface area contributed by atoms with Gasteiger partial charge in [0, 0.05) is 31.0 Å². The Morgan fingerprint density at radius 3 is 3.18 bits per heavy atom. The van der Waals surface area contributed by atoms with Crippen molar-refractivity contribution in [2.75, 3.05) is 19.6 Å². The number of hydrogen-bond donors (Lipinski definition) is 1. The molecule has 2 atom stereocenters. The monoisotopic (exact) mass is 233 g/mol. The summed E-state index contributed by atoms with van der Waals surface area (Å²) in [5, 5.41) is 3.62. The van der Waals surface area contributed by atoms with Crippen LogP contribution in [-0.2, 0) is 0 Å². The highest BCUT2D eigenvalue weighted by atomic mass is 15.2. The van der Waals surface area contributed by atoms with Gasteiger partial charge in [-0.1, -0.05) is 13.0 Å². The second kappa shape index (κ2) is 6.12. The lowest BCUT2D eigenvalue weighted by molar-refractivity contribution is 0.255. The molecule has 0 radical (unpaired) electrons. The summed E-state index contributed by atoms with van der Waals surface area (Å²) in [6, 6.07) is 5.25. The molecule has 1 N–H and O–H groups in total. The maximum absolute atomic E-state index is 4.17. The van der Waals surface area contributed by atoms with E-state index >= 15 is 0 Å². The van der Waals surface area contributed by atoms with Crippen LogP contribution in [0.3, 0.4) is 0 Å². The lowest BCUT2D eigenvalue weighted by atomic mass is 10.1. The van der Waals surface area contributed by atoms with Gasteiger partial charge in [-0.25, -0.2) is 0 Å². The first-order chi connectivity index (χ1) is 8.31. The molecule has 1 saturated heterocycles. The first kappa shape index (κ1) is 12.5. The molecule has 1 aliphatic heterocycles. The number of pyridine rings is 1. The average molecular weight is 233 g/mol. The van der Waals surface area contributed by atoms with Crippen LogP contribution in [0.25, 0.3) is 0 Å². The van der Waals surface area contributed by atoms with E-state index in [1.807, 2.05) is 18.5 Å². The van der Waals surface area contributed by atoms with E-state index < -0.39 is 0 Å². The first-order valence-corrected chi connectivity index (χ1v) is 6.68. The zero-order chi connectivity index (χ0) is 12.1. The van der Waals surface area contributed by atoms with Crippen molar-refractivity contribution in [3.8, 4) is 0 Å². The standard InChI is InChI=1S/C14H23N3/c1-3-17-9-5-7-14(17)11-16-12(2)13-6-4-8-15-10-13/h4,6,8,10,12,14,16H,3,5,7,9,11H2,1-2H3. The molecule has 3 nitrogen and oxygen atoms in total. The van der Waals surface area contributed by atoms with Crippen LogP contribution in [0.1, 0.15) is 38.3 Å². The van der Waals surface area contributed by atoms with Gasteiger partial charge in [0.25, 0.3) is 0 Å². The molecule has 94 valence electrons. The Balaban J connectivity index is 1.82. The van der Waals surface area contributed by atoms with Gasteiger partial charge >= 0.3 is 0 Å². The number of aromatic nitrogens is 1. The van der Waals surface area contributed by atoms with E-state index in [9.17, 15) is 0 Å². The van der Waals surface area contributed by atoms with Gasteiger partial charge in [-0.15, -0.1) is 0 Å². The predicted octanol–water partition coefficient (Wildman–Crippen LogP) is 2.22. The number of rotatable bonds is 5. The maximum Gasteiger partial charge on any atom is 0.0315 e. The number of likely N-dealkylation sites (N-methyl/N-ethyl adjacent to an activating group) is 1. The fourth-order valence-corrected chi connectivity index (χ4v) is 2.61. The summed E-state index contributed by atoms with van der Waals surface area (Å²) in [6.45, 7) is 7.99. The normalized spacial score (nSPS) is 22.8. The Bertz CT molecular complexity index is 325. The second-order valence-corrected chi connectivity index (χ2v) is 4.84. The summed E-state index contributed by atoms with van der Waals surface area (Å²) in [5.41, 5.74) is 1.27. The van der Waals surface area contributed by atoms with E-state index in [1.165, 1.54) is 31.5 Å². The van der Waals surface area contributed by atoms with Crippen molar-refractivity contribution in [1.29, 1.82) is 0 Å². The zero-order valence-corrected chi connectivity index (χ0v) is 10.9. The molecule has 0 spiro atoms. The van der Waals surface area contributed by atoms with Crippen LogP contribution in [-0.4, -0.2) is 35.6 Å². The van der Waals surface area contributed by atoms with E-state index in [4.69, 9.17) is 0 Å². The number of hydrogen-bond acceptors (Lipinski definition) is 3. The van der Waals surface area contributed by atoms with Crippen molar-refractivity contribution in [2.24, 2.45) is 0 Å². The van der Waals surface area contributed by atoms with Crippen molar-refractivity contribution < 1.29 is 0 Å². The van der Waals surface area contributed by atoms with Crippen molar-refractivity contribution in [2.45, 2.75) is 38.8 Å². The molecule has 1 aromatic rings. The van der Waals surface area contributed by atoms with Gasteiger partial charge in [0.2, 0.25) is 0 Å². The molecule has 0 amide bonds. The lowest BCUT2D eigenvalue weighted by Gasteiger charge is -2.25. The van der Waals surface area contributed by atoms with Crippen LogP contribution in [0.5, 0.6) is 0 Å². The molecule has 2 heterocycles. The Hall–Kier alpha value is -0.930. The Kier molecular flexibility index (Phi) is 4.51. The molecule has 0 aromatic carbocycles. The first-order valence-electron chi connectivity index (χ1n) is 6.68. The minimum Gasteiger partial charge on any atom is -0.309 e. The van der Waals surface area contributed by atoms with Gasteiger partial charge < -0.3 is 5.32 Å². The third kappa shape index (κ3) is 3.27. The van der Waals surface area contributed by atoms with E-state index in [0.717, 1.165) is 12.6 Å². The van der Waals surface area contributed by atoms with Crippen molar-refractivity contribution in [3.05, 3.63) is 30.1 Å². The van der Waals surface area contributed by atoms with Gasteiger partial charge in [0.05, 0.1) is 0 Å². The van der Waals surface area contributed by atoms with E-state index in [1.54, 1.807) is 0 Å². The summed E-state index contributed by atoms with van der Waals surface area (Å²) in [5.74, 6) is 0. The lowest BCUT2D eigenvalue weighted by Crippen LogP contribution is -2.38. The third-order valence-corrected chi connectivity index (χ3v) is 3.75. The number of nitrogens with zero attached hydrogens (tertiary/aromatic N) is 2. The van der Waals surface area contributed by atoms with Gasteiger partial charge in [-0.2, -0.15) is 0 Å². The van der Waals surface area contributed by atoms with Gasteiger partial charge in [-0.05, 0) is 44.5 Å². The van der Waals surface area contributed by atoms with Gasteiger partial charge in [0.15, 0.2) is 0 Å². The SMILES string of the molecule is CCN1CCCC1CNC(C)c1cccnc1. The molecule has 0 saturated carbocycles. The summed E-state index contributed by atoms with van der Waals surface area (Å²) in [7, 11) is 0. The molecular formula is C14H23N3. The molecule has 17 heavy (non-hydrogen) atoms. The summed E-state index contributed by atoms with van der Waals surface area (Å²) in [4.78, 5) is 6.74. The summed E-state index contributed by atoms with van der Waals surface area (Å²) < 4.78 is 0. The maximum atomic E-state index is 4.17. The van der Waals surface area contributed by atoms with Gasteiger partial charge in [0.1, 0.15) is 0 Å². The largest absolute Gasteiger partial charge is 0.309 e. The van der Waals surface area contributed by atoms with Crippen molar-refractivity contribution in [3.63, 3.8) is 0 Å². The fourth-order valence-electron chi connectivity index (χ4n) is 2.61. The van der Waals surface area contributed by atoms with Crippen LogP contribution in [0.15, 0.2) is 24.5 Å². The molecular weight excluding hydrogens is 210 g/mol. The predicted molar refractivity (Wildman–Crippen MR) is 70.9 cm³/mol. The molecule has 2 unspecified atom stereocenters. The van der Waals surface area contributed by atoms with E-state index in [0.29, 0.717) is 6.04 Å². The van der Waals surface area contributed by atoms with Crippen LogP contribution in [0, 0.1) is 0 Å². The summed E-state index contributed by atoms with van der Waals surface area (Å²) >= 11 is 0. The molecule has 3 heteroatoms. The van der Waals surface area contributed by atoms with Crippen LogP contribution in [0.4, 0.5) is 0 Å². The minimum absolute atomic E-state index is 0.392. The quantitative estimate of drug-likeness (QED) is 0.845.